The number of rotatable bonds is 2. The van der Waals surface area contributed by atoms with E-state index in [9.17, 15) is 9.59 Å². The zero-order chi connectivity index (χ0) is 7.28. The van der Waals surface area contributed by atoms with Crippen molar-refractivity contribution in [3.05, 3.63) is 0 Å². The van der Waals surface area contributed by atoms with E-state index in [0.717, 1.165) is 0 Å². The average Bonchev–Trinajstić information content (AvgIpc) is 1.87. The van der Waals surface area contributed by atoms with Crippen LogP contribution in [0.5, 0.6) is 0 Å². The van der Waals surface area contributed by atoms with Crippen LogP contribution in [0.15, 0.2) is 0 Å². The Balaban J connectivity index is 0. The van der Waals surface area contributed by atoms with Crippen LogP contribution in [0.2, 0.25) is 0 Å². The molecule has 54 valence electrons. The van der Waals surface area contributed by atoms with Crippen molar-refractivity contribution in [1.29, 1.82) is 0 Å². The monoisotopic (exact) mass is 194 g/mol. The predicted molar refractivity (Wildman–Crippen MR) is 39.7 cm³/mol. The third-order valence-electron chi connectivity index (χ3n) is 0.446. The molecule has 3 nitrogen and oxygen atoms in total. The molecule has 0 fully saturated rings. The first kappa shape index (κ1) is 13.3. The zero-order valence-corrected chi connectivity index (χ0v) is 5.91. The molecule has 0 aliphatic carbocycles. The predicted octanol–water partition coefficient (Wildman–Crippen LogP) is -0.115. The van der Waals surface area contributed by atoms with Gasteiger partial charge in [0.2, 0.25) is 0 Å². The maximum atomic E-state index is 10.1. The number of carbonyl (C=O) groups excluding carboxylic acids is 2. The summed E-state index contributed by atoms with van der Waals surface area (Å²) in [4.78, 5) is 20.3. The van der Waals surface area contributed by atoms with E-state index >= 15 is 0 Å². The van der Waals surface area contributed by atoms with E-state index in [0.29, 0.717) is 0 Å². The Hall–Kier alpha value is 0.720. The summed E-state index contributed by atoms with van der Waals surface area (Å²) in [6.45, 7) is 0. The topological polar surface area (TPSA) is 43.4 Å². The van der Waals surface area contributed by atoms with E-state index in [1.54, 1.807) is 0 Å². The summed E-state index contributed by atoms with van der Waals surface area (Å²) in [7, 11) is 0. The summed E-state index contributed by atoms with van der Waals surface area (Å²) in [6.07, 6.45) is 0. The van der Waals surface area contributed by atoms with Crippen molar-refractivity contribution >= 4 is 64.7 Å². The number of ether oxygens (including phenoxy) is 1. The van der Waals surface area contributed by atoms with Gasteiger partial charge >= 0.3 is 41.5 Å². The molecule has 6 heteroatoms. The van der Waals surface area contributed by atoms with Gasteiger partial charge < -0.3 is 4.74 Å². The normalized spacial score (nSPS) is 7.80. The van der Waals surface area contributed by atoms with Gasteiger partial charge in [0.05, 0.1) is 0 Å². The van der Waals surface area contributed by atoms with E-state index in [1.165, 1.54) is 0 Å². The van der Waals surface area contributed by atoms with Crippen molar-refractivity contribution in [2.24, 2.45) is 0 Å². The van der Waals surface area contributed by atoms with Crippen LogP contribution >= 0.6 is 23.2 Å². The van der Waals surface area contributed by atoms with Crippen LogP contribution < -0.4 is 0 Å². The fraction of sp³-hybridized carbons (Fsp3) is 0.500. The molecule has 0 aromatic rings. The van der Waals surface area contributed by atoms with Crippen LogP contribution in [-0.2, 0) is 14.3 Å². The fourth-order valence-electron chi connectivity index (χ4n) is 0.182. The van der Waals surface area contributed by atoms with Crippen LogP contribution in [0, 0.1) is 0 Å². The molecule has 0 aliphatic heterocycles. The Morgan fingerprint density at radius 3 is 1.60 bits per heavy atom. The second-order valence-electron chi connectivity index (χ2n) is 1.11. The molecule has 0 saturated heterocycles. The average molecular weight is 195 g/mol. The van der Waals surface area contributed by atoms with Crippen molar-refractivity contribution in [1.82, 2.24) is 0 Å². The molecule has 0 atom stereocenters. The Bertz CT molecular complexity index is 114. The molecule has 0 aliphatic rings. The number of esters is 2. The molecule has 0 heterocycles. The van der Waals surface area contributed by atoms with Crippen LogP contribution in [0.25, 0.3) is 0 Å². The van der Waals surface area contributed by atoms with Gasteiger partial charge in [-0.1, -0.05) is 0 Å². The van der Waals surface area contributed by atoms with Crippen molar-refractivity contribution in [3.63, 3.8) is 0 Å². The number of halogens is 2. The fourth-order valence-corrected chi connectivity index (χ4v) is 0.291. The number of hydrogen-bond acceptors (Lipinski definition) is 3. The van der Waals surface area contributed by atoms with Crippen LogP contribution in [0.1, 0.15) is 0 Å². The van der Waals surface area contributed by atoms with Crippen molar-refractivity contribution < 1.29 is 14.3 Å². The van der Waals surface area contributed by atoms with E-state index in [1.807, 2.05) is 0 Å². The molecule has 0 saturated carbocycles. The van der Waals surface area contributed by atoms with Gasteiger partial charge in [0.1, 0.15) is 11.8 Å². The molecule has 10 heavy (non-hydrogen) atoms. The van der Waals surface area contributed by atoms with Gasteiger partial charge in [0.25, 0.3) is 0 Å². The van der Waals surface area contributed by atoms with Crippen molar-refractivity contribution in [2.75, 3.05) is 11.8 Å². The van der Waals surface area contributed by atoms with Crippen LogP contribution in [0.4, 0.5) is 0 Å². The van der Waals surface area contributed by atoms with Gasteiger partial charge in [-0.2, -0.15) is 0 Å². The van der Waals surface area contributed by atoms with Gasteiger partial charge in [-0.3, -0.25) is 9.59 Å². The van der Waals surface area contributed by atoms with Gasteiger partial charge in [-0.05, 0) is 0 Å². The summed E-state index contributed by atoms with van der Waals surface area (Å²) in [6, 6.07) is 0. The third-order valence-corrected chi connectivity index (χ3v) is 0.882. The van der Waals surface area contributed by atoms with Gasteiger partial charge in [-0.15, -0.1) is 23.2 Å². The Morgan fingerprint density at radius 1 is 1.10 bits per heavy atom. The van der Waals surface area contributed by atoms with Crippen LogP contribution in [-0.4, -0.2) is 53.3 Å². The summed E-state index contributed by atoms with van der Waals surface area (Å²) in [5.41, 5.74) is 0. The zero-order valence-electron chi connectivity index (χ0n) is 4.39. The van der Waals surface area contributed by atoms with Crippen molar-refractivity contribution in [2.45, 2.75) is 0 Å². The summed E-state index contributed by atoms with van der Waals surface area (Å²) >= 11 is 9.97. The molecule has 0 aromatic heterocycles. The SMILES string of the molecule is O=C(CCl)OC(=O)CCl.[NaH]. The first-order valence-corrected chi connectivity index (χ1v) is 3.13. The Morgan fingerprint density at radius 2 is 1.40 bits per heavy atom. The summed E-state index contributed by atoms with van der Waals surface area (Å²) in [5.74, 6) is -2.21. The molecule has 0 rings (SSSR count). The number of carbonyl (C=O) groups is 2. The summed E-state index contributed by atoms with van der Waals surface area (Å²) in [5, 5.41) is 0. The molecule has 0 radical (unpaired) electrons. The van der Waals surface area contributed by atoms with E-state index in [4.69, 9.17) is 23.2 Å². The van der Waals surface area contributed by atoms with E-state index < -0.39 is 11.9 Å². The molecule has 0 N–H and O–H groups in total. The van der Waals surface area contributed by atoms with Gasteiger partial charge in [-0.25, -0.2) is 0 Å². The van der Waals surface area contributed by atoms with Gasteiger partial charge in [0.15, 0.2) is 0 Å². The molecule has 0 bridgehead atoms. The number of hydrogen-bond donors (Lipinski definition) is 0. The van der Waals surface area contributed by atoms with Crippen molar-refractivity contribution in [3.8, 4) is 0 Å². The quantitative estimate of drug-likeness (QED) is 0.267. The molecule has 0 spiro atoms. The minimum atomic E-state index is -0.776. The second kappa shape index (κ2) is 7.82. The third kappa shape index (κ3) is 6.83. The molecule has 0 aromatic carbocycles. The maximum absolute atomic E-state index is 10.1. The van der Waals surface area contributed by atoms with Crippen LogP contribution in [0.3, 0.4) is 0 Å². The molecular weight excluding hydrogens is 190 g/mol. The van der Waals surface area contributed by atoms with E-state index in [2.05, 4.69) is 4.74 Å². The molecule has 0 unspecified atom stereocenters. The summed E-state index contributed by atoms with van der Waals surface area (Å²) < 4.78 is 4.01. The Labute approximate surface area is 90.3 Å². The first-order valence-electron chi connectivity index (χ1n) is 2.06. The van der Waals surface area contributed by atoms with Gasteiger partial charge in [0, 0.05) is 0 Å². The minimum absolute atomic E-state index is 0. The second-order valence-corrected chi connectivity index (χ2v) is 1.65. The first-order chi connectivity index (χ1) is 4.20. The Kier molecular flexibility index (Phi) is 10.4. The number of alkyl halides is 2. The molecular formula is C4H5Cl2NaO3. The van der Waals surface area contributed by atoms with E-state index in [-0.39, 0.29) is 41.3 Å². The standard InChI is InChI=1S/C4H4Cl2O3.Na.H/c5-1-3(7)9-4(8)2-6;;/h1-2H2;;. The molecule has 0 amide bonds.